The molecule has 0 aliphatic carbocycles. The first-order valence-corrected chi connectivity index (χ1v) is 13.6. The molecule has 0 atom stereocenters. The number of ether oxygens (including phenoxy) is 1. The minimum absolute atomic E-state index is 0.0478. The number of hydrogen-bond donors (Lipinski definition) is 2. The van der Waals surface area contributed by atoms with E-state index in [9.17, 15) is 9.18 Å². The summed E-state index contributed by atoms with van der Waals surface area (Å²) in [5, 5.41) is 15.8. The number of aliphatic hydroxyl groups is 1. The van der Waals surface area contributed by atoms with Gasteiger partial charge in [-0.05, 0) is 72.2 Å². The van der Waals surface area contributed by atoms with Crippen LogP contribution in [0.15, 0.2) is 79.0 Å². The van der Waals surface area contributed by atoms with Crippen molar-refractivity contribution < 1.29 is 19.0 Å². The van der Waals surface area contributed by atoms with Gasteiger partial charge in [0.25, 0.3) is 0 Å². The molecule has 40 heavy (non-hydrogen) atoms. The van der Waals surface area contributed by atoms with Gasteiger partial charge in [-0.3, -0.25) is 9.89 Å². The number of fused-ring (bicyclic) bond motifs is 1. The van der Waals surface area contributed by atoms with E-state index in [-0.39, 0.29) is 12.5 Å². The number of pyridine rings is 1. The first-order chi connectivity index (χ1) is 19.5. The lowest BCUT2D eigenvalue weighted by molar-refractivity contribution is -0.125. The SMILES string of the molecule is CC/C(=C(/c1ccc(OCCCC/C=C/C(=O)N(C)CCO)nc1)c1ccc2n[nH]c(F)c2c1)c1ccccc1. The summed E-state index contributed by atoms with van der Waals surface area (Å²) < 4.78 is 20.2. The Morgan fingerprint density at radius 1 is 1.07 bits per heavy atom. The third kappa shape index (κ3) is 7.21. The fraction of sp³-hybridized carbons (Fsp3) is 0.281. The van der Waals surface area contributed by atoms with Crippen molar-refractivity contribution in [3.8, 4) is 5.88 Å². The zero-order valence-corrected chi connectivity index (χ0v) is 22.9. The normalized spacial score (nSPS) is 12.1. The van der Waals surface area contributed by atoms with Crippen molar-refractivity contribution in [3.63, 3.8) is 0 Å². The van der Waals surface area contributed by atoms with Gasteiger partial charge < -0.3 is 14.7 Å². The average molecular weight is 543 g/mol. The number of nitrogens with zero attached hydrogens (tertiary/aromatic N) is 3. The number of carbonyl (C=O) groups excluding carboxylic acids is 1. The molecule has 2 aromatic carbocycles. The second-order valence-corrected chi connectivity index (χ2v) is 9.46. The number of allylic oxidation sites excluding steroid dienone is 2. The van der Waals surface area contributed by atoms with Gasteiger partial charge in [-0.2, -0.15) is 9.49 Å². The molecular weight excluding hydrogens is 507 g/mol. The smallest absolute Gasteiger partial charge is 0.246 e. The van der Waals surface area contributed by atoms with Crippen molar-refractivity contribution in [1.29, 1.82) is 0 Å². The van der Waals surface area contributed by atoms with E-state index in [0.29, 0.717) is 29.9 Å². The molecule has 2 heterocycles. The summed E-state index contributed by atoms with van der Waals surface area (Å²) in [6.07, 6.45) is 8.44. The first kappa shape index (κ1) is 28.7. The molecule has 208 valence electrons. The van der Waals surface area contributed by atoms with Gasteiger partial charge >= 0.3 is 0 Å². The third-order valence-electron chi connectivity index (χ3n) is 6.69. The Morgan fingerprint density at radius 2 is 1.88 bits per heavy atom. The number of halogens is 1. The van der Waals surface area contributed by atoms with Crippen LogP contribution in [-0.2, 0) is 4.79 Å². The highest BCUT2D eigenvalue weighted by Crippen LogP contribution is 2.35. The van der Waals surface area contributed by atoms with E-state index in [1.54, 1.807) is 19.3 Å². The molecule has 0 fully saturated rings. The molecule has 0 spiro atoms. The minimum Gasteiger partial charge on any atom is -0.478 e. The molecule has 0 saturated heterocycles. The highest BCUT2D eigenvalue weighted by Gasteiger charge is 2.16. The zero-order chi connectivity index (χ0) is 28.3. The highest BCUT2D eigenvalue weighted by molar-refractivity contribution is 6.00. The van der Waals surface area contributed by atoms with Gasteiger partial charge in [0.15, 0.2) is 0 Å². The molecule has 0 aliphatic rings. The summed E-state index contributed by atoms with van der Waals surface area (Å²) in [5.41, 5.74) is 5.60. The van der Waals surface area contributed by atoms with E-state index < -0.39 is 5.95 Å². The summed E-state index contributed by atoms with van der Waals surface area (Å²) in [5.74, 6) is -0.0307. The van der Waals surface area contributed by atoms with Gasteiger partial charge in [-0.15, -0.1) is 0 Å². The molecule has 4 rings (SSSR count). The number of aromatic amines is 1. The molecule has 0 unspecified atom stereocenters. The lowest BCUT2D eigenvalue weighted by Crippen LogP contribution is -2.27. The van der Waals surface area contributed by atoms with Crippen molar-refractivity contribution in [3.05, 3.63) is 102 Å². The van der Waals surface area contributed by atoms with Crippen LogP contribution in [0.2, 0.25) is 0 Å². The van der Waals surface area contributed by atoms with Crippen molar-refractivity contribution in [1.82, 2.24) is 20.1 Å². The lowest BCUT2D eigenvalue weighted by Gasteiger charge is -2.16. The molecular formula is C32H35FN4O3. The average Bonchev–Trinajstić information content (AvgIpc) is 3.36. The molecule has 0 aliphatic heterocycles. The van der Waals surface area contributed by atoms with E-state index in [0.717, 1.165) is 53.5 Å². The van der Waals surface area contributed by atoms with Crippen molar-refractivity contribution in [2.75, 3.05) is 26.8 Å². The molecule has 0 radical (unpaired) electrons. The van der Waals surface area contributed by atoms with Gasteiger partial charge in [-0.1, -0.05) is 49.4 Å². The number of H-pyrrole nitrogens is 1. The second-order valence-electron chi connectivity index (χ2n) is 9.46. The monoisotopic (exact) mass is 542 g/mol. The van der Waals surface area contributed by atoms with Crippen LogP contribution >= 0.6 is 0 Å². The first-order valence-electron chi connectivity index (χ1n) is 13.6. The largest absolute Gasteiger partial charge is 0.478 e. The molecule has 2 N–H and O–H groups in total. The number of likely N-dealkylation sites (N-methyl/N-ethyl adjacent to an activating group) is 1. The van der Waals surface area contributed by atoms with E-state index in [4.69, 9.17) is 9.84 Å². The van der Waals surface area contributed by atoms with Gasteiger partial charge in [0.05, 0.1) is 24.1 Å². The summed E-state index contributed by atoms with van der Waals surface area (Å²) in [6, 6.07) is 19.7. The molecule has 7 nitrogen and oxygen atoms in total. The number of nitrogens with one attached hydrogen (secondary N) is 1. The molecule has 8 heteroatoms. The summed E-state index contributed by atoms with van der Waals surface area (Å²) in [4.78, 5) is 17.9. The summed E-state index contributed by atoms with van der Waals surface area (Å²) >= 11 is 0. The van der Waals surface area contributed by atoms with Crippen molar-refractivity contribution in [2.45, 2.75) is 32.6 Å². The number of aliphatic hydroxyl groups excluding tert-OH is 1. The molecule has 4 aromatic rings. The predicted octanol–water partition coefficient (Wildman–Crippen LogP) is 6.02. The Balaban J connectivity index is 1.46. The number of rotatable bonds is 13. The fourth-order valence-corrected chi connectivity index (χ4v) is 4.54. The Morgan fingerprint density at radius 3 is 2.60 bits per heavy atom. The lowest BCUT2D eigenvalue weighted by atomic mass is 9.88. The Kier molecular flexibility index (Phi) is 10.2. The number of benzene rings is 2. The molecule has 1 amide bonds. The van der Waals surface area contributed by atoms with Gasteiger partial charge in [0, 0.05) is 31.4 Å². The van der Waals surface area contributed by atoms with Gasteiger partial charge in [0.2, 0.25) is 17.7 Å². The maximum atomic E-state index is 14.4. The number of carbonyl (C=O) groups is 1. The molecule has 0 bridgehead atoms. The number of unbranched alkanes of at least 4 members (excludes halogenated alkanes) is 2. The van der Waals surface area contributed by atoms with Gasteiger partial charge in [0.1, 0.15) is 0 Å². The Labute approximate surface area is 234 Å². The van der Waals surface area contributed by atoms with Crippen LogP contribution in [0, 0.1) is 5.95 Å². The van der Waals surface area contributed by atoms with Crippen LogP contribution < -0.4 is 4.74 Å². The van der Waals surface area contributed by atoms with Crippen LogP contribution in [0.3, 0.4) is 0 Å². The van der Waals surface area contributed by atoms with E-state index in [1.165, 1.54) is 4.90 Å². The van der Waals surface area contributed by atoms with Crippen molar-refractivity contribution >= 4 is 28.0 Å². The van der Waals surface area contributed by atoms with Gasteiger partial charge in [-0.25, -0.2) is 4.98 Å². The minimum atomic E-state index is -0.452. The maximum absolute atomic E-state index is 14.4. The molecule has 2 aromatic heterocycles. The number of amides is 1. The maximum Gasteiger partial charge on any atom is 0.246 e. The zero-order valence-electron chi connectivity index (χ0n) is 22.9. The fourth-order valence-electron chi connectivity index (χ4n) is 4.54. The van der Waals surface area contributed by atoms with Crippen LogP contribution in [-0.4, -0.2) is 57.9 Å². The van der Waals surface area contributed by atoms with Crippen LogP contribution in [0.5, 0.6) is 5.88 Å². The molecule has 0 saturated carbocycles. The topological polar surface area (TPSA) is 91.3 Å². The van der Waals surface area contributed by atoms with Crippen LogP contribution in [0.1, 0.15) is 49.3 Å². The highest BCUT2D eigenvalue weighted by atomic mass is 19.1. The number of aromatic nitrogens is 3. The second kappa shape index (κ2) is 14.2. The Hall–Kier alpha value is -4.30. The summed E-state index contributed by atoms with van der Waals surface area (Å²) in [7, 11) is 1.66. The summed E-state index contributed by atoms with van der Waals surface area (Å²) in [6.45, 7) is 2.91. The van der Waals surface area contributed by atoms with Crippen LogP contribution in [0.4, 0.5) is 4.39 Å². The van der Waals surface area contributed by atoms with Crippen molar-refractivity contribution in [2.24, 2.45) is 0 Å². The van der Waals surface area contributed by atoms with E-state index >= 15 is 0 Å². The predicted molar refractivity (Wildman–Crippen MR) is 156 cm³/mol. The third-order valence-corrected chi connectivity index (χ3v) is 6.69. The standard InChI is InChI=1S/C32H35FN4O3/c1-3-26(23-11-7-6-8-12-23)31(24-14-16-28-27(21-24)32(33)36-35-28)25-15-17-29(34-22-25)40-20-10-5-4-9-13-30(39)37(2)18-19-38/h6-9,11-17,21-22,38H,3-5,10,18-20H2,1-2H3,(H,35,36)/b13-9+,31-26-. The van der Waals surface area contributed by atoms with E-state index in [2.05, 4.69) is 34.2 Å². The number of hydrogen-bond acceptors (Lipinski definition) is 5. The Bertz CT molecular complexity index is 1460. The quantitative estimate of drug-likeness (QED) is 0.122. The van der Waals surface area contributed by atoms with Crippen LogP contribution in [0.25, 0.3) is 22.0 Å². The van der Waals surface area contributed by atoms with E-state index in [1.807, 2.05) is 54.6 Å².